The summed E-state index contributed by atoms with van der Waals surface area (Å²) in [7, 11) is 4.10. The van der Waals surface area contributed by atoms with E-state index in [1.165, 1.54) is 114 Å². The van der Waals surface area contributed by atoms with E-state index in [4.69, 9.17) is 9.47 Å². The van der Waals surface area contributed by atoms with Gasteiger partial charge in [0.05, 0.1) is 6.61 Å². The molecule has 0 spiro atoms. The van der Waals surface area contributed by atoms with Crippen LogP contribution < -0.4 is 0 Å². The Morgan fingerprint density at radius 1 is 0.600 bits per heavy atom. The molecule has 7 heteroatoms. The van der Waals surface area contributed by atoms with Crippen molar-refractivity contribution in [1.29, 1.82) is 0 Å². The van der Waals surface area contributed by atoms with Crippen LogP contribution in [0.3, 0.4) is 0 Å². The number of hydrogen-bond donors (Lipinski definition) is 0. The molecule has 0 aliphatic rings. The topological polar surface area (TPSA) is 59.1 Å². The van der Waals surface area contributed by atoms with E-state index in [0.717, 1.165) is 103 Å². The van der Waals surface area contributed by atoms with E-state index < -0.39 is 0 Å². The molecule has 1 amide bonds. The molecule has 0 aromatic carbocycles. The molecule has 0 rings (SSSR count). The average Bonchev–Trinajstić information content (AvgIpc) is 3.09. The Balaban J connectivity index is 4.45. The first-order valence-electron chi connectivity index (χ1n) is 21.4. The summed E-state index contributed by atoms with van der Waals surface area (Å²) in [6.45, 7) is 10.8. The van der Waals surface area contributed by atoms with Crippen LogP contribution >= 0.6 is 11.8 Å². The van der Waals surface area contributed by atoms with Gasteiger partial charge in [-0.25, -0.2) is 0 Å². The summed E-state index contributed by atoms with van der Waals surface area (Å²) in [6, 6.07) is 0. The summed E-state index contributed by atoms with van der Waals surface area (Å²) < 4.78 is 11.8. The standard InChI is InChI=1S/C43H84N2O4S/c1-6-9-12-15-18-22-30-38-48-39-31-23-21-28-35-45(43(47)50-40-37-44(4)5)36-29-24-27-34-42(46)49-41(32-25-19-16-13-10-7-2)33-26-20-17-14-11-8-3/h22,30,41H,6-21,23-29,31-40H2,1-5H3/b30-22-. The second-order valence-electron chi connectivity index (χ2n) is 14.7. The fraction of sp³-hybridized carbons (Fsp3) is 0.907. The minimum atomic E-state index is -0.0263. The lowest BCUT2D eigenvalue weighted by molar-refractivity contribution is -0.150. The van der Waals surface area contributed by atoms with Gasteiger partial charge < -0.3 is 19.3 Å². The van der Waals surface area contributed by atoms with Crippen LogP contribution in [-0.2, 0) is 14.3 Å². The summed E-state index contributed by atoms with van der Waals surface area (Å²) in [5.74, 6) is 0.790. The predicted molar refractivity (Wildman–Crippen MR) is 220 cm³/mol. The van der Waals surface area contributed by atoms with Crippen molar-refractivity contribution in [3.8, 4) is 0 Å². The summed E-state index contributed by atoms with van der Waals surface area (Å²) in [4.78, 5) is 30.1. The van der Waals surface area contributed by atoms with Gasteiger partial charge in [0.1, 0.15) is 6.10 Å². The second kappa shape index (κ2) is 39.2. The molecule has 0 saturated carbocycles. The molecule has 0 atom stereocenters. The number of nitrogens with zero attached hydrogens (tertiary/aromatic N) is 2. The molecule has 0 aliphatic carbocycles. The first-order chi connectivity index (χ1) is 24.4. The maximum absolute atomic E-state index is 13.1. The van der Waals surface area contributed by atoms with E-state index in [2.05, 4.69) is 42.7 Å². The van der Waals surface area contributed by atoms with Gasteiger partial charge in [0.15, 0.2) is 0 Å². The molecular formula is C43H84N2O4S. The van der Waals surface area contributed by atoms with Crippen molar-refractivity contribution < 1.29 is 19.1 Å². The van der Waals surface area contributed by atoms with Crippen LogP contribution in [0.5, 0.6) is 0 Å². The number of amides is 1. The normalized spacial score (nSPS) is 11.7. The van der Waals surface area contributed by atoms with E-state index in [-0.39, 0.29) is 17.3 Å². The molecule has 0 aromatic rings. The van der Waals surface area contributed by atoms with Crippen molar-refractivity contribution in [2.45, 2.75) is 200 Å². The molecule has 0 saturated heterocycles. The number of allylic oxidation sites excluding steroid dienone is 1. The van der Waals surface area contributed by atoms with E-state index >= 15 is 0 Å². The second-order valence-corrected chi connectivity index (χ2v) is 15.8. The van der Waals surface area contributed by atoms with Gasteiger partial charge in [-0.05, 0) is 78.3 Å². The third-order valence-corrected chi connectivity index (χ3v) is 10.4. The predicted octanol–water partition coefficient (Wildman–Crippen LogP) is 12.8. The van der Waals surface area contributed by atoms with Gasteiger partial charge in [0.25, 0.3) is 5.24 Å². The molecule has 6 nitrogen and oxygen atoms in total. The Bertz CT molecular complexity index is 747. The molecule has 296 valence electrons. The van der Waals surface area contributed by atoms with Crippen LogP contribution in [0.25, 0.3) is 0 Å². The van der Waals surface area contributed by atoms with Gasteiger partial charge in [0, 0.05) is 38.4 Å². The smallest absolute Gasteiger partial charge is 0.306 e. The van der Waals surface area contributed by atoms with Crippen molar-refractivity contribution in [3.63, 3.8) is 0 Å². The molecule has 0 unspecified atom stereocenters. The summed E-state index contributed by atoms with van der Waals surface area (Å²) in [6.07, 6.45) is 35.8. The molecule has 0 heterocycles. The minimum absolute atomic E-state index is 0.0263. The monoisotopic (exact) mass is 725 g/mol. The van der Waals surface area contributed by atoms with E-state index in [1.54, 1.807) is 0 Å². The number of esters is 1. The first kappa shape index (κ1) is 49.0. The molecular weight excluding hydrogens is 641 g/mol. The maximum atomic E-state index is 13.1. The zero-order valence-corrected chi connectivity index (χ0v) is 34.8. The molecule has 0 N–H and O–H groups in total. The van der Waals surface area contributed by atoms with Crippen LogP contribution in [-0.4, -0.2) is 79.8 Å². The number of ether oxygens (including phenoxy) is 2. The number of carbonyl (C=O) groups is 2. The molecule has 50 heavy (non-hydrogen) atoms. The number of rotatable bonds is 38. The Morgan fingerprint density at radius 3 is 1.72 bits per heavy atom. The maximum Gasteiger partial charge on any atom is 0.306 e. The molecule has 0 aliphatic heterocycles. The van der Waals surface area contributed by atoms with Gasteiger partial charge in [-0.15, -0.1) is 0 Å². The lowest BCUT2D eigenvalue weighted by Crippen LogP contribution is -2.31. The molecule has 0 aromatic heterocycles. The zero-order chi connectivity index (χ0) is 36.8. The highest BCUT2D eigenvalue weighted by molar-refractivity contribution is 8.13. The average molecular weight is 725 g/mol. The van der Waals surface area contributed by atoms with Gasteiger partial charge in [0.2, 0.25) is 0 Å². The summed E-state index contributed by atoms with van der Waals surface area (Å²) >= 11 is 1.44. The van der Waals surface area contributed by atoms with Crippen LogP contribution in [0, 0.1) is 0 Å². The van der Waals surface area contributed by atoms with Crippen LogP contribution in [0.1, 0.15) is 194 Å². The third kappa shape index (κ3) is 35.4. The summed E-state index contributed by atoms with van der Waals surface area (Å²) in [5.41, 5.74) is 0. The van der Waals surface area contributed by atoms with Crippen molar-refractivity contribution in [3.05, 3.63) is 12.2 Å². The van der Waals surface area contributed by atoms with Crippen LogP contribution in [0.2, 0.25) is 0 Å². The third-order valence-electron chi connectivity index (χ3n) is 9.46. The van der Waals surface area contributed by atoms with E-state index in [1.807, 2.05) is 14.1 Å². The first-order valence-corrected chi connectivity index (χ1v) is 22.4. The van der Waals surface area contributed by atoms with Gasteiger partial charge in [-0.1, -0.05) is 147 Å². The fourth-order valence-electron chi connectivity index (χ4n) is 6.15. The molecule has 0 fully saturated rings. The SMILES string of the molecule is CCCCCC/C=C\COCCCCCCN(CCCCCC(=O)OC(CCCCCCCC)CCCCCCCC)C(=O)SCCN(C)C. The van der Waals surface area contributed by atoms with Crippen molar-refractivity contribution in [1.82, 2.24) is 9.80 Å². The highest BCUT2D eigenvalue weighted by Crippen LogP contribution is 2.19. The Labute approximate surface area is 316 Å². The van der Waals surface area contributed by atoms with E-state index in [0.29, 0.717) is 6.42 Å². The quantitative estimate of drug-likeness (QED) is 0.0359. The Kier molecular flexibility index (Phi) is 38.3. The molecule has 0 bridgehead atoms. The van der Waals surface area contributed by atoms with Crippen molar-refractivity contribution in [2.75, 3.05) is 52.7 Å². The number of carbonyl (C=O) groups excluding carboxylic acids is 2. The molecule has 0 radical (unpaired) electrons. The lowest BCUT2D eigenvalue weighted by atomic mass is 10.0. The number of unbranched alkanes of at least 4 members (excludes halogenated alkanes) is 19. The summed E-state index contributed by atoms with van der Waals surface area (Å²) in [5, 5.41) is 0.198. The lowest BCUT2D eigenvalue weighted by Gasteiger charge is -2.23. The Morgan fingerprint density at radius 2 is 1.12 bits per heavy atom. The van der Waals surface area contributed by atoms with Crippen molar-refractivity contribution >= 4 is 23.0 Å². The van der Waals surface area contributed by atoms with Crippen LogP contribution in [0.4, 0.5) is 4.79 Å². The number of hydrogen-bond acceptors (Lipinski definition) is 6. The van der Waals surface area contributed by atoms with Gasteiger partial charge >= 0.3 is 5.97 Å². The highest BCUT2D eigenvalue weighted by Gasteiger charge is 2.16. The highest BCUT2D eigenvalue weighted by atomic mass is 32.2. The minimum Gasteiger partial charge on any atom is -0.462 e. The van der Waals surface area contributed by atoms with E-state index in [9.17, 15) is 9.59 Å². The van der Waals surface area contributed by atoms with Gasteiger partial charge in [-0.3, -0.25) is 9.59 Å². The zero-order valence-electron chi connectivity index (χ0n) is 34.0. The largest absolute Gasteiger partial charge is 0.462 e. The number of thioether (sulfide) groups is 1. The van der Waals surface area contributed by atoms with Crippen molar-refractivity contribution in [2.24, 2.45) is 0 Å². The van der Waals surface area contributed by atoms with Crippen LogP contribution in [0.15, 0.2) is 12.2 Å². The Hall–Kier alpha value is -1.05. The fourth-order valence-corrected chi connectivity index (χ4v) is 7.14. The van der Waals surface area contributed by atoms with Gasteiger partial charge in [-0.2, -0.15) is 0 Å².